The van der Waals surface area contributed by atoms with Crippen LogP contribution in [0.5, 0.6) is 11.5 Å². The summed E-state index contributed by atoms with van der Waals surface area (Å²) >= 11 is 10.2. The van der Waals surface area contributed by atoms with Crippen molar-refractivity contribution in [2.45, 2.75) is 90.9 Å². The van der Waals surface area contributed by atoms with Crippen LogP contribution in [0.2, 0.25) is 0 Å². The quantitative estimate of drug-likeness (QED) is 0.0717. The molecule has 0 spiro atoms. The Bertz CT molecular complexity index is 2100. The Labute approximate surface area is 338 Å². The third-order valence-corrected chi connectivity index (χ3v) is 12.6. The molecule has 4 nitrogen and oxygen atoms in total. The van der Waals surface area contributed by atoms with Gasteiger partial charge in [0.1, 0.15) is 22.8 Å². The van der Waals surface area contributed by atoms with E-state index in [0.29, 0.717) is 46.8 Å². The van der Waals surface area contributed by atoms with E-state index in [1.807, 2.05) is 60.7 Å². The Kier molecular flexibility index (Phi) is 14.9. The average Bonchev–Trinajstić information content (AvgIpc) is 3.81. The summed E-state index contributed by atoms with van der Waals surface area (Å²) in [6.45, 7) is 5.81. The predicted molar refractivity (Wildman–Crippen MR) is 230 cm³/mol. The van der Waals surface area contributed by atoms with Gasteiger partial charge in [-0.15, -0.1) is 22.7 Å². The second kappa shape index (κ2) is 20.0. The summed E-state index contributed by atoms with van der Waals surface area (Å²) in [5.74, 6) is 1.25. The minimum absolute atomic E-state index is 0.333. The van der Waals surface area contributed by atoms with Gasteiger partial charge in [0.05, 0.1) is 43.3 Å². The van der Waals surface area contributed by atoms with Crippen LogP contribution in [0.15, 0.2) is 86.4 Å². The van der Waals surface area contributed by atoms with Crippen molar-refractivity contribution >= 4 is 65.6 Å². The number of fused-ring (bicyclic) bond motifs is 1. The molecule has 53 heavy (non-hydrogen) atoms. The van der Waals surface area contributed by atoms with Crippen molar-refractivity contribution in [3.63, 3.8) is 0 Å². The first-order valence-electron chi connectivity index (χ1n) is 19.0. The maximum Gasteiger partial charge on any atom is 0.134 e. The number of hydrogen-bond donors (Lipinski definition) is 0. The molecule has 3 aromatic heterocycles. The van der Waals surface area contributed by atoms with Gasteiger partial charge in [-0.05, 0) is 99.3 Å². The number of ether oxygens (including phenoxy) is 2. The van der Waals surface area contributed by atoms with Gasteiger partial charge in [-0.3, -0.25) is 0 Å². The highest BCUT2D eigenvalue weighted by atomic mass is 79.9. The van der Waals surface area contributed by atoms with E-state index in [4.69, 9.17) is 19.4 Å². The van der Waals surface area contributed by atoms with E-state index < -0.39 is 0 Å². The van der Waals surface area contributed by atoms with E-state index >= 15 is 4.39 Å². The molecular weight excluding hydrogens is 831 g/mol. The van der Waals surface area contributed by atoms with E-state index in [-0.39, 0.29) is 5.82 Å². The molecule has 6 rings (SSSR count). The first-order valence-corrected chi connectivity index (χ1v) is 22.2. The van der Waals surface area contributed by atoms with Crippen LogP contribution in [0, 0.1) is 5.82 Å². The van der Waals surface area contributed by atoms with Gasteiger partial charge in [-0.1, -0.05) is 102 Å². The highest BCUT2D eigenvalue weighted by Crippen LogP contribution is 2.44. The zero-order chi connectivity index (χ0) is 37.0. The summed E-state index contributed by atoms with van der Waals surface area (Å²) in [4.78, 5) is 12.5. The number of thiophene rings is 2. The van der Waals surface area contributed by atoms with E-state index in [1.165, 1.54) is 69.1 Å². The van der Waals surface area contributed by atoms with Gasteiger partial charge in [0.2, 0.25) is 0 Å². The second-order valence-electron chi connectivity index (χ2n) is 13.4. The summed E-state index contributed by atoms with van der Waals surface area (Å²) in [6.07, 6.45) is 14.4. The maximum atomic E-state index is 16.4. The predicted octanol–water partition coefficient (Wildman–Crippen LogP) is 15.6. The van der Waals surface area contributed by atoms with Crippen molar-refractivity contribution in [3.8, 4) is 54.9 Å². The molecule has 0 aliphatic carbocycles. The van der Waals surface area contributed by atoms with Crippen LogP contribution in [0.3, 0.4) is 0 Å². The lowest BCUT2D eigenvalue weighted by molar-refractivity contribution is 0.304. The van der Waals surface area contributed by atoms with Crippen LogP contribution in [-0.4, -0.2) is 23.2 Å². The average molecular weight is 879 g/mol. The zero-order valence-electron chi connectivity index (χ0n) is 30.6. The van der Waals surface area contributed by atoms with E-state index in [0.717, 1.165) is 59.2 Å². The Morgan fingerprint density at radius 3 is 1.57 bits per heavy atom. The number of aromatic nitrogens is 2. The maximum absolute atomic E-state index is 16.4. The molecular formula is C44H47Br2FN2O2S2. The number of halogens is 3. The molecule has 0 saturated heterocycles. The lowest BCUT2D eigenvalue weighted by atomic mass is 10.00. The first kappa shape index (κ1) is 39.6. The van der Waals surface area contributed by atoms with Crippen LogP contribution in [-0.2, 0) is 0 Å². The molecule has 0 saturated carbocycles. The van der Waals surface area contributed by atoms with E-state index in [1.54, 1.807) is 17.4 Å². The minimum Gasteiger partial charge on any atom is -0.494 e. The minimum atomic E-state index is -0.333. The molecule has 0 radical (unpaired) electrons. The van der Waals surface area contributed by atoms with E-state index in [9.17, 15) is 0 Å². The number of hydrogen-bond acceptors (Lipinski definition) is 6. The SMILES string of the molecule is CCCCCCCCOc1cccc(-c2nc3c(-c4ccc(Br)s4)cc(F)c(-c4ccc(Br)s4)c3nc2-c2cccc(OCCCCCCCC)c2)c1. The summed E-state index contributed by atoms with van der Waals surface area (Å²) in [7, 11) is 0. The normalized spacial score (nSPS) is 11.4. The van der Waals surface area contributed by atoms with Crippen LogP contribution >= 0.6 is 54.5 Å². The van der Waals surface area contributed by atoms with Crippen LogP contribution in [0.1, 0.15) is 90.9 Å². The number of nitrogens with zero attached hydrogens (tertiary/aromatic N) is 2. The van der Waals surface area contributed by atoms with E-state index in [2.05, 4.69) is 57.8 Å². The highest BCUT2D eigenvalue weighted by Gasteiger charge is 2.24. The van der Waals surface area contributed by atoms with Gasteiger partial charge in [0, 0.05) is 26.4 Å². The third-order valence-electron chi connectivity index (χ3n) is 9.30. The Balaban J connectivity index is 1.43. The van der Waals surface area contributed by atoms with Crippen molar-refractivity contribution in [2.24, 2.45) is 0 Å². The summed E-state index contributed by atoms with van der Waals surface area (Å²) < 4.78 is 30.9. The number of unbranched alkanes of at least 4 members (excludes halogenated alkanes) is 10. The summed E-state index contributed by atoms with van der Waals surface area (Å²) in [6, 6.07) is 25.7. The molecule has 0 aliphatic rings. The lowest BCUT2D eigenvalue weighted by Gasteiger charge is -2.16. The third kappa shape index (κ3) is 10.6. The molecule has 3 heterocycles. The van der Waals surface area contributed by atoms with Gasteiger partial charge < -0.3 is 9.47 Å². The van der Waals surface area contributed by atoms with Crippen molar-refractivity contribution in [2.75, 3.05) is 13.2 Å². The summed E-state index contributed by atoms with van der Waals surface area (Å²) in [5.41, 5.74) is 5.43. The number of benzene rings is 3. The fourth-order valence-electron chi connectivity index (χ4n) is 6.52. The fourth-order valence-corrected chi connectivity index (χ4v) is 9.36. The smallest absolute Gasteiger partial charge is 0.134 e. The Morgan fingerprint density at radius 2 is 1.06 bits per heavy atom. The Hall–Kier alpha value is -3.11. The molecule has 0 aliphatic heterocycles. The van der Waals surface area contributed by atoms with Crippen molar-refractivity contribution in [3.05, 3.63) is 92.3 Å². The van der Waals surface area contributed by atoms with Crippen molar-refractivity contribution in [1.82, 2.24) is 9.97 Å². The molecule has 0 amide bonds. The second-order valence-corrected chi connectivity index (χ2v) is 18.3. The van der Waals surface area contributed by atoms with Crippen molar-refractivity contribution in [1.29, 1.82) is 0 Å². The van der Waals surface area contributed by atoms with Gasteiger partial charge in [-0.25, -0.2) is 14.4 Å². The molecule has 6 aromatic rings. The molecule has 0 fully saturated rings. The first-order chi connectivity index (χ1) is 25.9. The van der Waals surface area contributed by atoms with Crippen molar-refractivity contribution < 1.29 is 13.9 Å². The standard InChI is InChI=1S/C44H47Br2FN2O2S2/c1-3-5-7-9-11-13-25-50-32-19-15-17-30(27-32)41-42(31-18-16-20-33(28-31)51-26-14-12-10-8-6-4-2)49-44-40(37-22-24-39(46)53-37)35(47)29-34(43(44)48-41)36-21-23-38(45)52-36/h15-24,27-29H,3-14,25-26H2,1-2H3. The van der Waals surface area contributed by atoms with Crippen LogP contribution in [0.25, 0.3) is 54.4 Å². The molecule has 0 bridgehead atoms. The molecule has 0 unspecified atom stereocenters. The molecule has 0 atom stereocenters. The Morgan fingerprint density at radius 1 is 0.566 bits per heavy atom. The highest BCUT2D eigenvalue weighted by molar-refractivity contribution is 9.11. The topological polar surface area (TPSA) is 44.2 Å². The fraction of sp³-hybridized carbons (Fsp3) is 0.364. The van der Waals surface area contributed by atoms with Gasteiger partial charge in [-0.2, -0.15) is 0 Å². The van der Waals surface area contributed by atoms with Gasteiger partial charge in [0.15, 0.2) is 0 Å². The van der Waals surface area contributed by atoms with Gasteiger partial charge >= 0.3 is 0 Å². The zero-order valence-corrected chi connectivity index (χ0v) is 35.4. The molecule has 278 valence electrons. The molecule has 0 N–H and O–H groups in total. The van der Waals surface area contributed by atoms with Gasteiger partial charge in [0.25, 0.3) is 0 Å². The number of rotatable bonds is 20. The largest absolute Gasteiger partial charge is 0.494 e. The monoisotopic (exact) mass is 876 g/mol. The lowest BCUT2D eigenvalue weighted by Crippen LogP contribution is -2.02. The molecule has 9 heteroatoms. The summed E-state index contributed by atoms with van der Waals surface area (Å²) in [5, 5.41) is 0. The molecule has 3 aromatic carbocycles. The van der Waals surface area contributed by atoms with Crippen LogP contribution in [0.4, 0.5) is 4.39 Å². The van der Waals surface area contributed by atoms with Crippen LogP contribution < -0.4 is 9.47 Å².